The summed E-state index contributed by atoms with van der Waals surface area (Å²) in [5, 5.41) is 11.5. The Morgan fingerprint density at radius 3 is 2.94 bits per heavy atom. The Morgan fingerprint density at radius 1 is 1.65 bits per heavy atom. The van der Waals surface area contributed by atoms with Crippen molar-refractivity contribution in [2.24, 2.45) is 0 Å². The standard InChI is InChI=1S/C11H13ClFNO2S/c1-7(5-15)17-6-11(16)14-10-3-2-8(12)4-9(10)13/h2-4,7,15H,5-6H2,1H3,(H,14,16). The molecule has 1 rings (SSSR count). The number of carbonyl (C=O) groups excluding carboxylic acids is 1. The molecule has 17 heavy (non-hydrogen) atoms. The van der Waals surface area contributed by atoms with Crippen LogP contribution in [-0.4, -0.2) is 28.6 Å². The number of carbonyl (C=O) groups is 1. The van der Waals surface area contributed by atoms with Crippen molar-refractivity contribution in [3.05, 3.63) is 29.0 Å². The van der Waals surface area contributed by atoms with Crippen LogP contribution in [0.25, 0.3) is 0 Å². The second-order valence-corrected chi connectivity index (χ2v) is 5.34. The van der Waals surface area contributed by atoms with Crippen molar-refractivity contribution in [3.63, 3.8) is 0 Å². The topological polar surface area (TPSA) is 49.3 Å². The van der Waals surface area contributed by atoms with Crippen LogP contribution in [0, 0.1) is 5.82 Å². The summed E-state index contributed by atoms with van der Waals surface area (Å²) in [5.41, 5.74) is 0.108. The lowest BCUT2D eigenvalue weighted by atomic mass is 10.3. The van der Waals surface area contributed by atoms with Gasteiger partial charge in [-0.1, -0.05) is 18.5 Å². The molecule has 0 aliphatic heterocycles. The van der Waals surface area contributed by atoms with Crippen molar-refractivity contribution >= 4 is 35.0 Å². The van der Waals surface area contributed by atoms with Crippen molar-refractivity contribution in [2.45, 2.75) is 12.2 Å². The van der Waals surface area contributed by atoms with E-state index in [9.17, 15) is 9.18 Å². The molecule has 3 nitrogen and oxygen atoms in total. The summed E-state index contributed by atoms with van der Waals surface area (Å²) in [6.45, 7) is 1.81. The predicted molar refractivity (Wildman–Crippen MR) is 69.0 cm³/mol. The summed E-state index contributed by atoms with van der Waals surface area (Å²) in [4.78, 5) is 11.5. The maximum absolute atomic E-state index is 13.3. The number of aliphatic hydroxyl groups is 1. The molecule has 0 aliphatic rings. The smallest absolute Gasteiger partial charge is 0.234 e. The Kier molecular flexibility index (Phi) is 5.74. The maximum Gasteiger partial charge on any atom is 0.234 e. The normalized spacial score (nSPS) is 12.2. The average molecular weight is 278 g/mol. The molecular weight excluding hydrogens is 265 g/mol. The van der Waals surface area contributed by atoms with Gasteiger partial charge in [0.2, 0.25) is 5.91 Å². The van der Waals surface area contributed by atoms with Crippen molar-refractivity contribution in [3.8, 4) is 0 Å². The monoisotopic (exact) mass is 277 g/mol. The molecule has 6 heteroatoms. The van der Waals surface area contributed by atoms with E-state index in [1.807, 2.05) is 0 Å². The highest BCUT2D eigenvalue weighted by molar-refractivity contribution is 8.00. The summed E-state index contributed by atoms with van der Waals surface area (Å²) in [6.07, 6.45) is 0. The molecule has 94 valence electrons. The minimum absolute atomic E-state index is 0.00720. The Labute approximate surface area is 108 Å². The Bertz CT molecular complexity index is 403. The molecule has 0 heterocycles. The van der Waals surface area contributed by atoms with Crippen LogP contribution in [0.1, 0.15) is 6.92 Å². The van der Waals surface area contributed by atoms with Gasteiger partial charge in [-0.05, 0) is 18.2 Å². The summed E-state index contributed by atoms with van der Waals surface area (Å²) in [6, 6.07) is 4.06. The molecule has 0 aliphatic carbocycles. The largest absolute Gasteiger partial charge is 0.395 e. The van der Waals surface area contributed by atoms with Gasteiger partial charge in [0, 0.05) is 10.3 Å². The number of benzene rings is 1. The van der Waals surface area contributed by atoms with Crippen LogP contribution >= 0.6 is 23.4 Å². The van der Waals surface area contributed by atoms with Crippen molar-refractivity contribution in [1.82, 2.24) is 0 Å². The highest BCUT2D eigenvalue weighted by Crippen LogP contribution is 2.19. The van der Waals surface area contributed by atoms with Crippen LogP contribution in [0.2, 0.25) is 5.02 Å². The summed E-state index contributed by atoms with van der Waals surface area (Å²) >= 11 is 6.89. The molecule has 1 atom stereocenters. The molecule has 2 N–H and O–H groups in total. The van der Waals surface area contributed by atoms with Gasteiger partial charge in [-0.25, -0.2) is 4.39 Å². The quantitative estimate of drug-likeness (QED) is 0.870. The zero-order valence-electron chi connectivity index (χ0n) is 9.24. The van der Waals surface area contributed by atoms with E-state index >= 15 is 0 Å². The highest BCUT2D eigenvalue weighted by atomic mass is 35.5. The van der Waals surface area contributed by atoms with E-state index < -0.39 is 5.82 Å². The first-order valence-corrected chi connectivity index (χ1v) is 6.43. The van der Waals surface area contributed by atoms with Gasteiger partial charge in [0.25, 0.3) is 0 Å². The van der Waals surface area contributed by atoms with E-state index in [2.05, 4.69) is 5.32 Å². The third kappa shape index (κ3) is 4.93. The van der Waals surface area contributed by atoms with Gasteiger partial charge in [-0.2, -0.15) is 0 Å². The number of rotatable bonds is 5. The number of hydrogen-bond acceptors (Lipinski definition) is 3. The van der Waals surface area contributed by atoms with E-state index in [-0.39, 0.29) is 34.2 Å². The van der Waals surface area contributed by atoms with Gasteiger partial charge in [0.15, 0.2) is 0 Å². The fraction of sp³-hybridized carbons (Fsp3) is 0.364. The first-order chi connectivity index (χ1) is 8.02. The fourth-order valence-corrected chi connectivity index (χ4v) is 1.82. The number of anilines is 1. The van der Waals surface area contributed by atoms with Crippen molar-refractivity contribution < 1.29 is 14.3 Å². The molecule has 1 unspecified atom stereocenters. The highest BCUT2D eigenvalue weighted by Gasteiger charge is 2.09. The van der Waals surface area contributed by atoms with Gasteiger partial charge in [0.1, 0.15) is 5.82 Å². The third-order valence-corrected chi connectivity index (χ3v) is 3.34. The molecule has 1 aromatic carbocycles. The first kappa shape index (κ1) is 14.3. The number of halogens is 2. The molecule has 0 bridgehead atoms. The predicted octanol–water partition coefficient (Wildman–Crippen LogP) is 2.53. The van der Waals surface area contributed by atoms with Gasteiger partial charge in [-0.15, -0.1) is 11.8 Å². The van der Waals surface area contributed by atoms with E-state index in [0.29, 0.717) is 0 Å². The Balaban J connectivity index is 2.50. The molecular formula is C11H13ClFNO2S. The lowest BCUT2D eigenvalue weighted by Crippen LogP contribution is -2.17. The zero-order chi connectivity index (χ0) is 12.8. The lowest BCUT2D eigenvalue weighted by Gasteiger charge is -2.09. The minimum Gasteiger partial charge on any atom is -0.395 e. The first-order valence-electron chi connectivity index (χ1n) is 5.00. The van der Waals surface area contributed by atoms with E-state index in [4.69, 9.17) is 16.7 Å². The average Bonchev–Trinajstić information content (AvgIpc) is 2.29. The molecule has 0 aromatic heterocycles. The van der Waals surface area contributed by atoms with Crippen LogP contribution < -0.4 is 5.32 Å². The van der Waals surface area contributed by atoms with Crippen molar-refractivity contribution in [2.75, 3.05) is 17.7 Å². The Hall–Kier alpha value is -0.780. The number of amides is 1. The maximum atomic E-state index is 13.3. The minimum atomic E-state index is -0.564. The summed E-state index contributed by atoms with van der Waals surface area (Å²) in [5.74, 6) is -0.702. The van der Waals surface area contributed by atoms with Crippen LogP contribution in [0.15, 0.2) is 18.2 Å². The number of aliphatic hydroxyl groups excluding tert-OH is 1. The molecule has 0 saturated heterocycles. The number of thioether (sulfide) groups is 1. The third-order valence-electron chi connectivity index (χ3n) is 1.96. The molecule has 1 amide bonds. The van der Waals surface area contributed by atoms with E-state index in [1.165, 1.54) is 23.9 Å². The Morgan fingerprint density at radius 2 is 2.35 bits per heavy atom. The lowest BCUT2D eigenvalue weighted by molar-refractivity contribution is -0.113. The zero-order valence-corrected chi connectivity index (χ0v) is 10.8. The second kappa shape index (κ2) is 6.83. The molecule has 0 radical (unpaired) electrons. The molecule has 1 aromatic rings. The fourth-order valence-electron chi connectivity index (χ4n) is 1.05. The molecule has 0 saturated carbocycles. The van der Waals surface area contributed by atoms with Crippen LogP contribution in [0.4, 0.5) is 10.1 Å². The number of nitrogens with one attached hydrogen (secondary N) is 1. The molecule has 0 fully saturated rings. The second-order valence-electron chi connectivity index (χ2n) is 3.48. The summed E-state index contributed by atoms with van der Waals surface area (Å²) < 4.78 is 13.3. The van der Waals surface area contributed by atoms with Gasteiger partial charge in [0.05, 0.1) is 18.0 Å². The van der Waals surface area contributed by atoms with E-state index in [0.717, 1.165) is 6.07 Å². The van der Waals surface area contributed by atoms with Gasteiger partial charge < -0.3 is 10.4 Å². The van der Waals surface area contributed by atoms with Gasteiger partial charge in [-0.3, -0.25) is 4.79 Å². The van der Waals surface area contributed by atoms with Crippen molar-refractivity contribution in [1.29, 1.82) is 0 Å². The van der Waals surface area contributed by atoms with Crippen LogP contribution in [-0.2, 0) is 4.79 Å². The van der Waals surface area contributed by atoms with Crippen LogP contribution in [0.5, 0.6) is 0 Å². The SMILES string of the molecule is CC(CO)SCC(=O)Nc1ccc(Cl)cc1F. The molecule has 0 spiro atoms. The van der Waals surface area contributed by atoms with E-state index in [1.54, 1.807) is 6.92 Å². The van der Waals surface area contributed by atoms with Gasteiger partial charge >= 0.3 is 0 Å². The number of hydrogen-bond donors (Lipinski definition) is 2. The summed E-state index contributed by atoms with van der Waals surface area (Å²) in [7, 11) is 0. The van der Waals surface area contributed by atoms with Crippen LogP contribution in [0.3, 0.4) is 0 Å².